The van der Waals surface area contributed by atoms with Gasteiger partial charge in [0.05, 0.1) is 44.8 Å². The Kier molecular flexibility index (Phi) is 3.83. The number of aryl methyl sites for hydroxylation is 2. The van der Waals surface area contributed by atoms with E-state index >= 15 is 0 Å². The molecular weight excluding hydrogens is 344 g/mol. The number of para-hydroxylation sites is 4. The molecule has 0 aliphatic carbocycles. The fourth-order valence-corrected chi connectivity index (χ4v) is 3.51. The van der Waals surface area contributed by atoms with Gasteiger partial charge in [0.15, 0.2) is 0 Å². The lowest BCUT2D eigenvalue weighted by Crippen LogP contribution is -1.96. The fourth-order valence-electron chi connectivity index (χ4n) is 3.51. The van der Waals surface area contributed by atoms with Crippen LogP contribution in [0.25, 0.3) is 44.6 Å². The molecule has 0 radical (unpaired) electrons. The van der Waals surface area contributed by atoms with Crippen molar-refractivity contribution in [3.05, 3.63) is 84.2 Å². The van der Waals surface area contributed by atoms with Crippen molar-refractivity contribution in [1.29, 1.82) is 0 Å². The third-order valence-corrected chi connectivity index (χ3v) is 4.92. The van der Waals surface area contributed by atoms with Gasteiger partial charge in [-0.1, -0.05) is 48.5 Å². The maximum Gasteiger partial charge on any atom is 0.0922 e. The van der Waals surface area contributed by atoms with Crippen molar-refractivity contribution in [2.24, 2.45) is 0 Å². The summed E-state index contributed by atoms with van der Waals surface area (Å²) in [4.78, 5) is 19.0. The van der Waals surface area contributed by atoms with Crippen LogP contribution in [0.4, 0.5) is 0 Å². The van der Waals surface area contributed by atoms with Gasteiger partial charge in [-0.05, 0) is 38.1 Å². The number of rotatable bonds is 2. The molecule has 5 rings (SSSR count). The second-order valence-corrected chi connectivity index (χ2v) is 6.87. The van der Waals surface area contributed by atoms with Crippen LogP contribution in [0.15, 0.2) is 72.8 Å². The van der Waals surface area contributed by atoms with Gasteiger partial charge in [0.25, 0.3) is 0 Å². The van der Waals surface area contributed by atoms with E-state index in [2.05, 4.69) is 24.3 Å². The predicted molar refractivity (Wildman–Crippen MR) is 113 cm³/mol. The average molecular weight is 362 g/mol. The fraction of sp³-hybridized carbons (Fsp3) is 0.0833. The lowest BCUT2D eigenvalue weighted by Gasteiger charge is -2.09. The van der Waals surface area contributed by atoms with E-state index in [1.54, 1.807) is 0 Å². The van der Waals surface area contributed by atoms with E-state index in [4.69, 9.17) is 19.9 Å². The standard InChI is InChI=1S/C24H18N4/c1-15-23(27-21-9-5-3-7-19(21)25-15)17-11-13-18(14-12-17)24-16(2)26-20-8-4-6-10-22(20)28-24/h3-14H,1-2H3. The Labute approximate surface area is 163 Å². The Morgan fingerprint density at radius 2 is 0.750 bits per heavy atom. The molecule has 0 amide bonds. The number of hydrogen-bond donors (Lipinski definition) is 0. The van der Waals surface area contributed by atoms with Gasteiger partial charge in [-0.3, -0.25) is 0 Å². The van der Waals surface area contributed by atoms with E-state index in [-0.39, 0.29) is 0 Å². The first-order valence-electron chi connectivity index (χ1n) is 9.26. The minimum atomic E-state index is 0.906. The van der Waals surface area contributed by atoms with Gasteiger partial charge in [-0.25, -0.2) is 19.9 Å². The number of nitrogens with zero attached hydrogens (tertiary/aromatic N) is 4. The quantitative estimate of drug-likeness (QED) is 0.415. The van der Waals surface area contributed by atoms with Crippen molar-refractivity contribution in [3.8, 4) is 22.5 Å². The lowest BCUT2D eigenvalue weighted by atomic mass is 10.0. The minimum Gasteiger partial charge on any atom is -0.249 e. The summed E-state index contributed by atoms with van der Waals surface area (Å²) in [6.07, 6.45) is 0. The molecule has 3 aromatic carbocycles. The summed E-state index contributed by atoms with van der Waals surface area (Å²) in [5.74, 6) is 0. The van der Waals surface area contributed by atoms with Crippen LogP contribution in [0.1, 0.15) is 11.4 Å². The van der Waals surface area contributed by atoms with Gasteiger partial charge in [-0.2, -0.15) is 0 Å². The number of benzene rings is 3. The van der Waals surface area contributed by atoms with Gasteiger partial charge in [-0.15, -0.1) is 0 Å². The topological polar surface area (TPSA) is 51.6 Å². The van der Waals surface area contributed by atoms with Crippen molar-refractivity contribution in [2.75, 3.05) is 0 Å². The van der Waals surface area contributed by atoms with Crippen LogP contribution in [0.5, 0.6) is 0 Å². The maximum absolute atomic E-state index is 4.82. The highest BCUT2D eigenvalue weighted by Crippen LogP contribution is 2.27. The molecule has 0 N–H and O–H groups in total. The molecule has 28 heavy (non-hydrogen) atoms. The summed E-state index contributed by atoms with van der Waals surface area (Å²) in [6.45, 7) is 4.00. The van der Waals surface area contributed by atoms with E-state index in [0.29, 0.717) is 0 Å². The average Bonchev–Trinajstić information content (AvgIpc) is 2.73. The summed E-state index contributed by atoms with van der Waals surface area (Å²) in [5.41, 5.74) is 9.41. The molecule has 5 aromatic rings. The molecule has 134 valence electrons. The third-order valence-electron chi connectivity index (χ3n) is 4.92. The molecule has 0 aliphatic rings. The normalized spacial score (nSPS) is 11.2. The molecule has 0 fully saturated rings. The second kappa shape index (κ2) is 6.50. The predicted octanol–water partition coefficient (Wildman–Crippen LogP) is 5.52. The molecule has 0 aliphatic heterocycles. The Hall–Kier alpha value is -3.66. The van der Waals surface area contributed by atoms with Crippen LogP contribution < -0.4 is 0 Å². The highest BCUT2D eigenvalue weighted by Gasteiger charge is 2.10. The summed E-state index contributed by atoms with van der Waals surface area (Å²) >= 11 is 0. The van der Waals surface area contributed by atoms with Crippen LogP contribution in [-0.4, -0.2) is 19.9 Å². The molecular formula is C24H18N4. The molecule has 4 heteroatoms. The SMILES string of the molecule is Cc1nc2ccccc2nc1-c1ccc(-c2nc3ccccc3nc2C)cc1. The highest BCUT2D eigenvalue weighted by molar-refractivity contribution is 5.80. The maximum atomic E-state index is 4.82. The summed E-state index contributed by atoms with van der Waals surface area (Å²) in [6, 6.07) is 24.2. The monoisotopic (exact) mass is 362 g/mol. The van der Waals surface area contributed by atoms with E-state index in [9.17, 15) is 0 Å². The highest BCUT2D eigenvalue weighted by atomic mass is 14.8. The van der Waals surface area contributed by atoms with Crippen molar-refractivity contribution in [2.45, 2.75) is 13.8 Å². The van der Waals surface area contributed by atoms with E-state index in [1.165, 1.54) is 0 Å². The Morgan fingerprint density at radius 1 is 0.429 bits per heavy atom. The Balaban J connectivity index is 1.58. The van der Waals surface area contributed by atoms with Crippen molar-refractivity contribution in [3.63, 3.8) is 0 Å². The number of aromatic nitrogens is 4. The molecule has 0 unspecified atom stereocenters. The van der Waals surface area contributed by atoms with Gasteiger partial charge >= 0.3 is 0 Å². The van der Waals surface area contributed by atoms with Crippen molar-refractivity contribution < 1.29 is 0 Å². The molecule has 0 atom stereocenters. The van der Waals surface area contributed by atoms with Gasteiger partial charge < -0.3 is 0 Å². The first-order chi connectivity index (χ1) is 13.7. The number of hydrogen-bond acceptors (Lipinski definition) is 4. The largest absolute Gasteiger partial charge is 0.249 e. The second-order valence-electron chi connectivity index (χ2n) is 6.87. The zero-order valence-electron chi connectivity index (χ0n) is 15.7. The lowest BCUT2D eigenvalue weighted by molar-refractivity contribution is 1.18. The molecule has 0 saturated heterocycles. The molecule has 0 spiro atoms. The Bertz CT molecular complexity index is 1220. The van der Waals surface area contributed by atoms with Crippen LogP contribution in [0.3, 0.4) is 0 Å². The van der Waals surface area contributed by atoms with Crippen LogP contribution in [0, 0.1) is 13.8 Å². The van der Waals surface area contributed by atoms with Crippen LogP contribution in [0.2, 0.25) is 0 Å². The summed E-state index contributed by atoms with van der Waals surface area (Å²) in [5, 5.41) is 0. The zero-order valence-corrected chi connectivity index (χ0v) is 15.7. The molecule has 2 aromatic heterocycles. The molecule has 2 heterocycles. The first-order valence-corrected chi connectivity index (χ1v) is 9.26. The van der Waals surface area contributed by atoms with Gasteiger partial charge in [0.2, 0.25) is 0 Å². The first kappa shape index (κ1) is 16.5. The van der Waals surface area contributed by atoms with E-state index < -0.39 is 0 Å². The van der Waals surface area contributed by atoms with Crippen molar-refractivity contribution >= 4 is 22.1 Å². The Morgan fingerprint density at radius 3 is 1.11 bits per heavy atom. The van der Waals surface area contributed by atoms with Gasteiger partial charge in [0, 0.05) is 11.1 Å². The summed E-state index contributed by atoms with van der Waals surface area (Å²) in [7, 11) is 0. The smallest absolute Gasteiger partial charge is 0.0922 e. The van der Waals surface area contributed by atoms with E-state index in [0.717, 1.165) is 56.0 Å². The zero-order chi connectivity index (χ0) is 19.1. The van der Waals surface area contributed by atoms with Crippen LogP contribution in [-0.2, 0) is 0 Å². The molecule has 0 bridgehead atoms. The van der Waals surface area contributed by atoms with Gasteiger partial charge in [0.1, 0.15) is 0 Å². The van der Waals surface area contributed by atoms with Crippen molar-refractivity contribution in [1.82, 2.24) is 19.9 Å². The third kappa shape index (κ3) is 2.79. The van der Waals surface area contributed by atoms with E-state index in [1.807, 2.05) is 62.4 Å². The van der Waals surface area contributed by atoms with Crippen LogP contribution >= 0.6 is 0 Å². The summed E-state index contributed by atoms with van der Waals surface area (Å²) < 4.78 is 0. The molecule has 4 nitrogen and oxygen atoms in total. The molecule has 0 saturated carbocycles. The minimum absolute atomic E-state index is 0.906. The number of fused-ring (bicyclic) bond motifs is 2.